The number of amides is 1. The molecule has 0 aliphatic heterocycles. The van der Waals surface area contributed by atoms with Crippen LogP contribution in [0.1, 0.15) is 26.5 Å². The van der Waals surface area contributed by atoms with Crippen LogP contribution in [0.3, 0.4) is 0 Å². The third-order valence-electron chi connectivity index (χ3n) is 2.45. The number of carbonyl (C=O) groups is 2. The minimum atomic E-state index is -0.536. The second-order valence-corrected chi connectivity index (χ2v) is 3.69. The van der Waals surface area contributed by atoms with E-state index in [-0.39, 0.29) is 11.3 Å². The summed E-state index contributed by atoms with van der Waals surface area (Å²) in [6.07, 6.45) is 0. The minimum Gasteiger partial charge on any atom is -0.465 e. The highest BCUT2D eigenvalue weighted by Gasteiger charge is 2.18. The van der Waals surface area contributed by atoms with Crippen LogP contribution in [0, 0.1) is 6.92 Å². The van der Waals surface area contributed by atoms with Crippen LogP contribution < -0.4 is 5.32 Å². The van der Waals surface area contributed by atoms with Crippen LogP contribution in [-0.4, -0.2) is 29.3 Å². The number of aryl methyl sites for hydroxylation is 1. The molecular weight excluding hydrogens is 250 g/mol. The van der Waals surface area contributed by atoms with Crippen molar-refractivity contribution in [1.29, 1.82) is 0 Å². The predicted octanol–water partition coefficient (Wildman–Crippen LogP) is 1.42. The van der Waals surface area contributed by atoms with Crippen LogP contribution in [0.2, 0.25) is 0 Å². The largest absolute Gasteiger partial charge is 0.465 e. The minimum absolute atomic E-state index is 0.0691. The highest BCUT2D eigenvalue weighted by molar-refractivity contribution is 6.07. The molecule has 0 radical (unpaired) electrons. The molecule has 0 fully saturated rings. The van der Waals surface area contributed by atoms with Crippen molar-refractivity contribution in [2.75, 3.05) is 12.4 Å². The van der Waals surface area contributed by atoms with E-state index in [1.54, 1.807) is 31.2 Å². The first kappa shape index (κ1) is 12.7. The van der Waals surface area contributed by atoms with Crippen molar-refractivity contribution < 1.29 is 19.0 Å². The third-order valence-corrected chi connectivity index (χ3v) is 2.45. The smallest absolute Gasteiger partial charge is 0.339 e. The molecule has 98 valence electrons. The van der Waals surface area contributed by atoms with Gasteiger partial charge in [-0.2, -0.15) is 0 Å². The van der Waals surface area contributed by atoms with Gasteiger partial charge < -0.3 is 10.1 Å². The lowest BCUT2D eigenvalue weighted by Crippen LogP contribution is -2.16. The Balaban J connectivity index is 2.27. The topological polar surface area (TPSA) is 94.3 Å². The molecule has 0 aliphatic carbocycles. The van der Waals surface area contributed by atoms with E-state index in [1.807, 2.05) is 0 Å². The van der Waals surface area contributed by atoms with Crippen LogP contribution >= 0.6 is 0 Å². The number of para-hydroxylation sites is 1. The van der Waals surface area contributed by atoms with Crippen molar-refractivity contribution in [3.8, 4) is 0 Å². The fraction of sp³-hybridized carbons (Fsp3) is 0.167. The molecule has 0 bridgehead atoms. The molecule has 1 amide bonds. The molecule has 2 rings (SSSR count). The van der Waals surface area contributed by atoms with Crippen molar-refractivity contribution in [2.24, 2.45) is 0 Å². The fourth-order valence-corrected chi connectivity index (χ4v) is 1.50. The molecule has 7 nitrogen and oxygen atoms in total. The lowest BCUT2D eigenvalue weighted by molar-refractivity contribution is 0.0602. The summed E-state index contributed by atoms with van der Waals surface area (Å²) < 4.78 is 9.09. The summed E-state index contributed by atoms with van der Waals surface area (Å²) in [5, 5.41) is 9.57. The van der Waals surface area contributed by atoms with E-state index in [0.29, 0.717) is 11.4 Å². The lowest BCUT2D eigenvalue weighted by atomic mass is 10.1. The molecule has 1 heterocycles. The van der Waals surface area contributed by atoms with Crippen LogP contribution in [0.25, 0.3) is 0 Å². The molecule has 2 aromatic rings. The molecule has 0 unspecified atom stereocenters. The number of ether oxygens (including phenoxy) is 1. The number of rotatable bonds is 3. The Bertz CT molecular complexity index is 621. The summed E-state index contributed by atoms with van der Waals surface area (Å²) in [6.45, 7) is 1.59. The summed E-state index contributed by atoms with van der Waals surface area (Å²) >= 11 is 0. The lowest BCUT2D eigenvalue weighted by Gasteiger charge is -2.08. The zero-order valence-corrected chi connectivity index (χ0v) is 10.3. The second-order valence-electron chi connectivity index (χ2n) is 3.69. The molecule has 0 saturated carbocycles. The number of nitrogens with one attached hydrogen (secondary N) is 1. The first-order chi connectivity index (χ1) is 9.13. The van der Waals surface area contributed by atoms with E-state index in [9.17, 15) is 9.59 Å². The van der Waals surface area contributed by atoms with Crippen LogP contribution in [-0.2, 0) is 4.74 Å². The van der Waals surface area contributed by atoms with Gasteiger partial charge in [-0.05, 0) is 24.2 Å². The zero-order chi connectivity index (χ0) is 13.8. The molecule has 19 heavy (non-hydrogen) atoms. The van der Waals surface area contributed by atoms with E-state index >= 15 is 0 Å². The number of aromatic nitrogens is 2. The first-order valence-corrected chi connectivity index (χ1v) is 5.41. The molecule has 1 N–H and O–H groups in total. The summed E-state index contributed by atoms with van der Waals surface area (Å²) in [5.41, 5.74) is 1.03. The van der Waals surface area contributed by atoms with Gasteiger partial charge >= 0.3 is 5.97 Å². The Morgan fingerprint density at radius 3 is 2.63 bits per heavy atom. The maximum absolute atomic E-state index is 11.9. The Morgan fingerprint density at radius 2 is 2.00 bits per heavy atom. The van der Waals surface area contributed by atoms with E-state index in [4.69, 9.17) is 0 Å². The van der Waals surface area contributed by atoms with E-state index < -0.39 is 11.9 Å². The third kappa shape index (κ3) is 2.59. The van der Waals surface area contributed by atoms with Gasteiger partial charge in [-0.25, -0.2) is 9.42 Å². The standard InChI is InChI=1S/C12H11N3O4/c1-7-10(15-19-14-7)11(16)13-9-6-4-3-5-8(9)12(17)18-2/h3-6H,1-2H3,(H,13,16). The van der Waals surface area contributed by atoms with E-state index in [0.717, 1.165) is 0 Å². The van der Waals surface area contributed by atoms with Crippen molar-refractivity contribution in [1.82, 2.24) is 10.3 Å². The first-order valence-electron chi connectivity index (χ1n) is 5.41. The predicted molar refractivity (Wildman–Crippen MR) is 64.8 cm³/mol. The Hall–Kier alpha value is -2.70. The maximum Gasteiger partial charge on any atom is 0.339 e. The Kier molecular flexibility index (Phi) is 3.56. The molecule has 1 aromatic carbocycles. The van der Waals surface area contributed by atoms with Gasteiger partial charge in [-0.3, -0.25) is 4.79 Å². The second kappa shape index (κ2) is 5.30. The SMILES string of the molecule is COC(=O)c1ccccc1NC(=O)c1nonc1C. The Labute approximate surface area is 108 Å². The van der Waals surface area contributed by atoms with Crippen molar-refractivity contribution in [3.05, 3.63) is 41.2 Å². The monoisotopic (exact) mass is 261 g/mol. The number of esters is 1. The molecule has 1 aromatic heterocycles. The van der Waals surface area contributed by atoms with Gasteiger partial charge in [0.15, 0.2) is 5.69 Å². The number of nitrogens with zero attached hydrogens (tertiary/aromatic N) is 2. The average Bonchev–Trinajstić information content (AvgIpc) is 2.85. The molecule has 7 heteroatoms. The normalized spacial score (nSPS) is 10.0. The summed E-state index contributed by atoms with van der Waals surface area (Å²) in [6, 6.07) is 6.50. The van der Waals surface area contributed by atoms with Crippen LogP contribution in [0.15, 0.2) is 28.9 Å². The highest BCUT2D eigenvalue weighted by atomic mass is 16.6. The number of hydrogen-bond acceptors (Lipinski definition) is 6. The fourth-order valence-electron chi connectivity index (χ4n) is 1.50. The van der Waals surface area contributed by atoms with Crippen molar-refractivity contribution in [3.63, 3.8) is 0 Å². The van der Waals surface area contributed by atoms with Crippen LogP contribution in [0.4, 0.5) is 5.69 Å². The number of hydrogen-bond donors (Lipinski definition) is 1. The van der Waals surface area contributed by atoms with Gasteiger partial charge in [0.2, 0.25) is 0 Å². The molecule has 0 spiro atoms. The maximum atomic E-state index is 11.9. The summed E-state index contributed by atoms with van der Waals surface area (Å²) in [5.74, 6) is -1.04. The average molecular weight is 261 g/mol. The number of anilines is 1. The summed E-state index contributed by atoms with van der Waals surface area (Å²) in [7, 11) is 1.27. The van der Waals surface area contributed by atoms with Gasteiger partial charge in [0, 0.05) is 0 Å². The quantitative estimate of drug-likeness (QED) is 0.839. The number of carbonyl (C=O) groups excluding carboxylic acids is 2. The van der Waals surface area contributed by atoms with Gasteiger partial charge in [0.25, 0.3) is 5.91 Å². The highest BCUT2D eigenvalue weighted by Crippen LogP contribution is 2.17. The van der Waals surface area contributed by atoms with E-state index in [1.165, 1.54) is 7.11 Å². The number of benzene rings is 1. The molecule has 0 atom stereocenters. The summed E-state index contributed by atoms with van der Waals surface area (Å²) in [4.78, 5) is 23.5. The van der Waals surface area contributed by atoms with Gasteiger partial charge in [0.05, 0.1) is 18.4 Å². The molecule has 0 aliphatic rings. The Morgan fingerprint density at radius 1 is 1.26 bits per heavy atom. The molecular formula is C12H11N3O4. The van der Waals surface area contributed by atoms with Gasteiger partial charge in [0.1, 0.15) is 5.69 Å². The van der Waals surface area contributed by atoms with Gasteiger partial charge in [-0.1, -0.05) is 17.3 Å². The van der Waals surface area contributed by atoms with E-state index in [2.05, 4.69) is 25.0 Å². The van der Waals surface area contributed by atoms with Gasteiger partial charge in [-0.15, -0.1) is 0 Å². The van der Waals surface area contributed by atoms with Crippen molar-refractivity contribution >= 4 is 17.6 Å². The molecule has 0 saturated heterocycles. The van der Waals surface area contributed by atoms with Crippen LogP contribution in [0.5, 0.6) is 0 Å². The zero-order valence-electron chi connectivity index (χ0n) is 10.3. The van der Waals surface area contributed by atoms with Crippen molar-refractivity contribution in [2.45, 2.75) is 6.92 Å². The number of methoxy groups -OCH3 is 1.